The fraction of sp³-hybridized carbons (Fsp3) is 0.357. The van der Waals surface area contributed by atoms with Crippen LogP contribution in [0.5, 0.6) is 0 Å². The molecule has 20 heavy (non-hydrogen) atoms. The van der Waals surface area contributed by atoms with E-state index in [0.717, 1.165) is 28.8 Å². The van der Waals surface area contributed by atoms with Gasteiger partial charge in [0.1, 0.15) is 0 Å². The number of hydrogen-bond acceptors (Lipinski definition) is 5. The van der Waals surface area contributed by atoms with Gasteiger partial charge in [-0.2, -0.15) is 0 Å². The van der Waals surface area contributed by atoms with E-state index < -0.39 is 0 Å². The molecule has 0 aliphatic rings. The van der Waals surface area contributed by atoms with E-state index in [1.807, 2.05) is 20.0 Å². The number of rotatable bonds is 5. The molecule has 0 amide bonds. The number of benzene rings is 1. The van der Waals surface area contributed by atoms with Gasteiger partial charge in [0.15, 0.2) is 0 Å². The Morgan fingerprint density at radius 3 is 2.80 bits per heavy atom. The van der Waals surface area contributed by atoms with Crippen molar-refractivity contribution in [1.29, 1.82) is 0 Å². The molecular weight excluding hydrogens is 256 g/mol. The van der Waals surface area contributed by atoms with Crippen LogP contribution in [0.25, 0.3) is 10.9 Å². The van der Waals surface area contributed by atoms with Crippen LogP contribution >= 0.6 is 0 Å². The van der Waals surface area contributed by atoms with E-state index >= 15 is 0 Å². The Labute approximate surface area is 117 Å². The number of likely N-dealkylation sites (N-methyl/N-ethyl adjacent to an activating group) is 1. The van der Waals surface area contributed by atoms with Gasteiger partial charge >= 0.3 is 0 Å². The Hall–Kier alpha value is -2.21. The van der Waals surface area contributed by atoms with E-state index in [1.165, 1.54) is 6.07 Å². The molecule has 106 valence electrons. The molecule has 1 aromatic carbocycles. The molecule has 2 aromatic rings. The summed E-state index contributed by atoms with van der Waals surface area (Å²) in [6.45, 7) is 4.71. The monoisotopic (exact) mass is 274 g/mol. The Kier molecular flexibility index (Phi) is 4.14. The highest BCUT2D eigenvalue weighted by atomic mass is 16.6. The lowest BCUT2D eigenvalue weighted by Crippen LogP contribution is -2.29. The van der Waals surface area contributed by atoms with Gasteiger partial charge in [0.25, 0.3) is 5.69 Å². The zero-order valence-corrected chi connectivity index (χ0v) is 11.8. The molecule has 1 heterocycles. The summed E-state index contributed by atoms with van der Waals surface area (Å²) < 4.78 is 0. The molecule has 0 radical (unpaired) electrons. The van der Waals surface area contributed by atoms with Crippen molar-refractivity contribution in [2.75, 3.05) is 18.9 Å². The van der Waals surface area contributed by atoms with Gasteiger partial charge in [0.2, 0.25) is 0 Å². The maximum Gasteiger partial charge on any atom is 0.270 e. The molecule has 0 saturated carbocycles. The Morgan fingerprint density at radius 2 is 2.15 bits per heavy atom. The lowest BCUT2D eigenvalue weighted by atomic mass is 10.1. The largest absolute Gasteiger partial charge is 0.383 e. The molecule has 0 bridgehead atoms. The minimum Gasteiger partial charge on any atom is -0.383 e. The molecule has 2 N–H and O–H groups in total. The van der Waals surface area contributed by atoms with E-state index in [-0.39, 0.29) is 10.6 Å². The number of nitrogens with one attached hydrogen (secondary N) is 2. The van der Waals surface area contributed by atoms with Crippen molar-refractivity contribution in [3.05, 3.63) is 40.1 Å². The second-order valence-corrected chi connectivity index (χ2v) is 4.84. The fourth-order valence-electron chi connectivity index (χ4n) is 1.97. The summed E-state index contributed by atoms with van der Waals surface area (Å²) in [4.78, 5) is 14.9. The minimum absolute atomic E-state index is 0.0767. The van der Waals surface area contributed by atoms with Crippen molar-refractivity contribution in [3.8, 4) is 0 Å². The zero-order valence-electron chi connectivity index (χ0n) is 11.8. The first-order chi connectivity index (χ1) is 9.51. The van der Waals surface area contributed by atoms with Crippen LogP contribution < -0.4 is 10.6 Å². The van der Waals surface area contributed by atoms with E-state index in [4.69, 9.17) is 0 Å². The predicted molar refractivity (Wildman–Crippen MR) is 80.1 cm³/mol. The highest BCUT2D eigenvalue weighted by Gasteiger charge is 2.11. The van der Waals surface area contributed by atoms with Crippen LogP contribution in [-0.2, 0) is 0 Å². The molecule has 2 rings (SSSR count). The maximum absolute atomic E-state index is 10.9. The average molecular weight is 274 g/mol. The van der Waals surface area contributed by atoms with Crippen molar-refractivity contribution in [3.63, 3.8) is 0 Å². The number of nitro benzene ring substituents is 1. The van der Waals surface area contributed by atoms with Gasteiger partial charge in [0.05, 0.1) is 10.4 Å². The van der Waals surface area contributed by atoms with Crippen LogP contribution in [0.2, 0.25) is 0 Å². The zero-order chi connectivity index (χ0) is 14.7. The number of nitro groups is 1. The van der Waals surface area contributed by atoms with E-state index in [2.05, 4.69) is 22.5 Å². The third-order valence-corrected chi connectivity index (χ3v) is 3.22. The standard InChI is InChI=1S/C14H18N4O2/c1-9-6-14(16-8-10(2)15-3)12-7-11(18(19)20)4-5-13(12)17-9/h4-7,10,15H,8H2,1-3H3,(H,16,17). The molecular formula is C14H18N4O2. The molecule has 0 spiro atoms. The quantitative estimate of drug-likeness (QED) is 0.646. The van der Waals surface area contributed by atoms with Gasteiger partial charge in [-0.15, -0.1) is 0 Å². The second kappa shape index (κ2) is 5.83. The molecule has 1 aromatic heterocycles. The number of pyridine rings is 1. The number of hydrogen-bond donors (Lipinski definition) is 2. The first kappa shape index (κ1) is 14.2. The molecule has 6 heteroatoms. The molecule has 0 saturated heterocycles. The van der Waals surface area contributed by atoms with Gasteiger partial charge in [-0.25, -0.2) is 0 Å². The minimum atomic E-state index is -0.390. The number of fused-ring (bicyclic) bond motifs is 1. The van der Waals surface area contributed by atoms with Gasteiger partial charge < -0.3 is 10.6 Å². The van der Waals surface area contributed by atoms with Crippen LogP contribution in [0.15, 0.2) is 24.3 Å². The van der Waals surface area contributed by atoms with Crippen molar-refractivity contribution < 1.29 is 4.92 Å². The Bertz CT molecular complexity index is 642. The number of aryl methyl sites for hydroxylation is 1. The summed E-state index contributed by atoms with van der Waals surface area (Å²) in [5.41, 5.74) is 2.59. The van der Waals surface area contributed by atoms with Gasteiger partial charge in [-0.1, -0.05) is 0 Å². The van der Waals surface area contributed by atoms with Gasteiger partial charge in [-0.05, 0) is 33.0 Å². The van der Waals surface area contributed by atoms with E-state index in [1.54, 1.807) is 12.1 Å². The third-order valence-electron chi connectivity index (χ3n) is 3.22. The molecule has 0 aliphatic heterocycles. The second-order valence-electron chi connectivity index (χ2n) is 4.84. The normalized spacial score (nSPS) is 12.3. The van der Waals surface area contributed by atoms with E-state index in [9.17, 15) is 10.1 Å². The Morgan fingerprint density at radius 1 is 1.40 bits per heavy atom. The first-order valence-corrected chi connectivity index (χ1v) is 6.48. The van der Waals surface area contributed by atoms with Crippen LogP contribution in [0.1, 0.15) is 12.6 Å². The summed E-state index contributed by atoms with van der Waals surface area (Å²) in [6, 6.07) is 6.95. The molecule has 6 nitrogen and oxygen atoms in total. The van der Waals surface area contributed by atoms with E-state index in [0.29, 0.717) is 6.04 Å². The smallest absolute Gasteiger partial charge is 0.270 e. The lowest BCUT2D eigenvalue weighted by molar-refractivity contribution is -0.384. The first-order valence-electron chi connectivity index (χ1n) is 6.48. The van der Waals surface area contributed by atoms with Crippen molar-refractivity contribution in [2.45, 2.75) is 19.9 Å². The van der Waals surface area contributed by atoms with Gasteiger partial charge in [-0.3, -0.25) is 15.1 Å². The topological polar surface area (TPSA) is 80.1 Å². The summed E-state index contributed by atoms with van der Waals surface area (Å²) in [7, 11) is 1.90. The number of aromatic nitrogens is 1. The van der Waals surface area contributed by atoms with Crippen molar-refractivity contribution >= 4 is 22.3 Å². The predicted octanol–water partition coefficient (Wildman–Crippen LogP) is 2.47. The van der Waals surface area contributed by atoms with Crippen LogP contribution in [0.4, 0.5) is 11.4 Å². The SMILES string of the molecule is CNC(C)CNc1cc(C)nc2ccc([N+](=O)[O-])cc12. The van der Waals surface area contributed by atoms with Crippen molar-refractivity contribution in [1.82, 2.24) is 10.3 Å². The van der Waals surface area contributed by atoms with Crippen molar-refractivity contribution in [2.24, 2.45) is 0 Å². The average Bonchev–Trinajstić information content (AvgIpc) is 2.43. The van der Waals surface area contributed by atoms with Crippen LogP contribution in [0, 0.1) is 17.0 Å². The Balaban J connectivity index is 2.44. The third kappa shape index (κ3) is 3.03. The number of non-ortho nitro benzene ring substituents is 1. The summed E-state index contributed by atoms with van der Waals surface area (Å²) in [5.74, 6) is 0. The van der Waals surface area contributed by atoms with Gasteiger partial charge in [0, 0.05) is 41.5 Å². The molecule has 1 atom stereocenters. The van der Waals surface area contributed by atoms with Crippen LogP contribution in [-0.4, -0.2) is 29.5 Å². The highest BCUT2D eigenvalue weighted by Crippen LogP contribution is 2.27. The number of nitrogens with zero attached hydrogens (tertiary/aromatic N) is 2. The lowest BCUT2D eigenvalue weighted by Gasteiger charge is -2.14. The number of anilines is 1. The summed E-state index contributed by atoms with van der Waals surface area (Å²) in [5, 5.41) is 18.1. The summed E-state index contributed by atoms with van der Waals surface area (Å²) in [6.07, 6.45) is 0. The molecule has 0 fully saturated rings. The molecule has 1 unspecified atom stereocenters. The summed E-state index contributed by atoms with van der Waals surface area (Å²) >= 11 is 0. The maximum atomic E-state index is 10.9. The molecule has 0 aliphatic carbocycles. The fourth-order valence-corrected chi connectivity index (χ4v) is 1.97. The van der Waals surface area contributed by atoms with Crippen LogP contribution in [0.3, 0.4) is 0 Å². The highest BCUT2D eigenvalue weighted by molar-refractivity contribution is 5.93.